The first-order valence-corrected chi connectivity index (χ1v) is 6.76. The fraction of sp³-hybridized carbons (Fsp3) is 1.00. The molecule has 0 aliphatic heterocycles. The van der Waals surface area contributed by atoms with E-state index in [2.05, 4.69) is 11.8 Å². The van der Waals surface area contributed by atoms with Gasteiger partial charge in [-0.25, -0.2) is 0 Å². The largest absolute Gasteiger partial charge is 0.392 e. The van der Waals surface area contributed by atoms with E-state index in [1.807, 2.05) is 6.92 Å². The summed E-state index contributed by atoms with van der Waals surface area (Å²) in [7, 11) is 0. The van der Waals surface area contributed by atoms with Crippen LogP contribution in [0.25, 0.3) is 0 Å². The van der Waals surface area contributed by atoms with Gasteiger partial charge in [0, 0.05) is 19.7 Å². The Balaban J connectivity index is 2.19. The monoisotopic (exact) mass is 229 g/mol. The van der Waals surface area contributed by atoms with Gasteiger partial charge in [-0.1, -0.05) is 19.8 Å². The van der Waals surface area contributed by atoms with Gasteiger partial charge in [0.15, 0.2) is 0 Å². The number of ether oxygens (including phenoxy) is 1. The van der Waals surface area contributed by atoms with Crippen molar-refractivity contribution in [3.8, 4) is 0 Å². The molecule has 1 saturated carbocycles. The molecular formula is C13H27NO2. The maximum Gasteiger partial charge on any atom is 0.0695 e. The third kappa shape index (κ3) is 4.81. The van der Waals surface area contributed by atoms with Gasteiger partial charge >= 0.3 is 0 Å². The zero-order chi connectivity index (χ0) is 11.8. The normalized spacial score (nSPS) is 19.5. The van der Waals surface area contributed by atoms with Gasteiger partial charge in [-0.05, 0) is 32.2 Å². The predicted molar refractivity (Wildman–Crippen MR) is 66.6 cm³/mol. The lowest BCUT2D eigenvalue weighted by Crippen LogP contribution is -2.37. The lowest BCUT2D eigenvalue weighted by atomic mass is 10.0. The quantitative estimate of drug-likeness (QED) is 0.645. The summed E-state index contributed by atoms with van der Waals surface area (Å²) in [5.41, 5.74) is 0. The molecule has 1 fully saturated rings. The minimum absolute atomic E-state index is 0.135. The first-order valence-electron chi connectivity index (χ1n) is 6.76. The minimum Gasteiger partial charge on any atom is -0.392 e. The van der Waals surface area contributed by atoms with E-state index in [0.29, 0.717) is 5.92 Å². The fourth-order valence-corrected chi connectivity index (χ4v) is 2.47. The van der Waals surface area contributed by atoms with Crippen LogP contribution in [0.2, 0.25) is 0 Å². The molecule has 1 aliphatic rings. The highest BCUT2D eigenvalue weighted by Crippen LogP contribution is 2.27. The van der Waals surface area contributed by atoms with Gasteiger partial charge in [0.2, 0.25) is 0 Å². The molecule has 0 heterocycles. The van der Waals surface area contributed by atoms with Crippen LogP contribution in [0.1, 0.15) is 39.5 Å². The Kier molecular flexibility index (Phi) is 7.01. The zero-order valence-electron chi connectivity index (χ0n) is 10.8. The summed E-state index contributed by atoms with van der Waals surface area (Å²) in [5, 5.41) is 10.1. The van der Waals surface area contributed by atoms with Crippen LogP contribution in [0.15, 0.2) is 0 Å². The number of likely N-dealkylation sites (N-methyl/N-ethyl adjacent to an activating group) is 1. The maximum absolute atomic E-state index is 10.1. The van der Waals surface area contributed by atoms with Crippen molar-refractivity contribution in [1.29, 1.82) is 0 Å². The van der Waals surface area contributed by atoms with Crippen molar-refractivity contribution >= 4 is 0 Å². The van der Waals surface area contributed by atoms with Gasteiger partial charge in [0.05, 0.1) is 12.7 Å². The Hall–Kier alpha value is -0.120. The van der Waals surface area contributed by atoms with E-state index in [0.717, 1.165) is 32.8 Å². The van der Waals surface area contributed by atoms with Crippen molar-refractivity contribution in [2.45, 2.75) is 45.6 Å². The third-order valence-electron chi connectivity index (χ3n) is 3.59. The van der Waals surface area contributed by atoms with Gasteiger partial charge in [0.1, 0.15) is 0 Å². The van der Waals surface area contributed by atoms with Gasteiger partial charge < -0.3 is 9.84 Å². The highest BCUT2D eigenvalue weighted by Gasteiger charge is 2.24. The lowest BCUT2D eigenvalue weighted by molar-refractivity contribution is 0.0506. The Labute approximate surface area is 99.8 Å². The summed E-state index contributed by atoms with van der Waals surface area (Å²) in [6.45, 7) is 8.47. The van der Waals surface area contributed by atoms with Crippen molar-refractivity contribution in [1.82, 2.24) is 4.90 Å². The van der Waals surface area contributed by atoms with E-state index >= 15 is 0 Å². The van der Waals surface area contributed by atoms with Crippen molar-refractivity contribution in [3.05, 3.63) is 0 Å². The highest BCUT2D eigenvalue weighted by atomic mass is 16.5. The van der Waals surface area contributed by atoms with Gasteiger partial charge in [-0.15, -0.1) is 0 Å². The molecular weight excluding hydrogens is 202 g/mol. The van der Waals surface area contributed by atoms with Crippen LogP contribution < -0.4 is 0 Å². The molecule has 0 spiro atoms. The Bertz CT molecular complexity index is 169. The molecule has 0 aromatic carbocycles. The molecule has 1 N–H and O–H groups in total. The standard InChI is InChI=1S/C13H27NO2/c1-3-14(9-10-16-4-2)11-13(15)12-7-5-6-8-12/h12-13,15H,3-11H2,1-2H3. The molecule has 96 valence electrons. The van der Waals surface area contributed by atoms with Crippen LogP contribution in [-0.2, 0) is 4.74 Å². The number of rotatable bonds is 8. The van der Waals surface area contributed by atoms with Crippen LogP contribution >= 0.6 is 0 Å². The molecule has 0 aromatic heterocycles. The summed E-state index contributed by atoms with van der Waals surface area (Å²) >= 11 is 0. The van der Waals surface area contributed by atoms with E-state index in [9.17, 15) is 5.11 Å². The van der Waals surface area contributed by atoms with E-state index in [1.54, 1.807) is 0 Å². The molecule has 0 saturated heterocycles. The summed E-state index contributed by atoms with van der Waals surface area (Å²) in [6.07, 6.45) is 4.89. The molecule has 1 aliphatic carbocycles. The lowest BCUT2D eigenvalue weighted by Gasteiger charge is -2.26. The van der Waals surface area contributed by atoms with E-state index < -0.39 is 0 Å². The number of aliphatic hydroxyl groups is 1. The average Bonchev–Trinajstić information content (AvgIpc) is 2.81. The first kappa shape index (κ1) is 13.9. The molecule has 1 atom stereocenters. The predicted octanol–water partition coefficient (Wildman–Crippen LogP) is 1.90. The third-order valence-corrected chi connectivity index (χ3v) is 3.59. The summed E-state index contributed by atoms with van der Waals surface area (Å²) in [4.78, 5) is 2.29. The second-order valence-corrected chi connectivity index (χ2v) is 4.70. The van der Waals surface area contributed by atoms with Gasteiger partial charge in [-0.3, -0.25) is 4.90 Å². The Morgan fingerprint density at radius 1 is 1.31 bits per heavy atom. The molecule has 3 nitrogen and oxygen atoms in total. The molecule has 3 heteroatoms. The number of hydrogen-bond donors (Lipinski definition) is 1. The smallest absolute Gasteiger partial charge is 0.0695 e. The van der Waals surface area contributed by atoms with E-state index in [4.69, 9.17) is 4.74 Å². The Morgan fingerprint density at radius 3 is 2.56 bits per heavy atom. The second-order valence-electron chi connectivity index (χ2n) is 4.70. The van der Waals surface area contributed by atoms with Gasteiger partial charge in [-0.2, -0.15) is 0 Å². The molecule has 1 unspecified atom stereocenters. The molecule has 1 rings (SSSR count). The van der Waals surface area contributed by atoms with Crippen LogP contribution in [0.5, 0.6) is 0 Å². The minimum atomic E-state index is -0.135. The van der Waals surface area contributed by atoms with Crippen LogP contribution in [-0.4, -0.2) is 49.0 Å². The zero-order valence-corrected chi connectivity index (χ0v) is 10.8. The van der Waals surface area contributed by atoms with E-state index in [1.165, 1.54) is 25.7 Å². The van der Waals surface area contributed by atoms with Crippen molar-refractivity contribution < 1.29 is 9.84 Å². The molecule has 0 amide bonds. The Morgan fingerprint density at radius 2 is 2.00 bits per heavy atom. The molecule has 0 aromatic rings. The van der Waals surface area contributed by atoms with Crippen molar-refractivity contribution in [2.75, 3.05) is 32.8 Å². The molecule has 0 radical (unpaired) electrons. The van der Waals surface area contributed by atoms with Crippen LogP contribution in [0.4, 0.5) is 0 Å². The maximum atomic E-state index is 10.1. The first-order chi connectivity index (χ1) is 7.77. The van der Waals surface area contributed by atoms with Crippen molar-refractivity contribution in [3.63, 3.8) is 0 Å². The van der Waals surface area contributed by atoms with Crippen LogP contribution in [0, 0.1) is 5.92 Å². The number of nitrogens with zero attached hydrogens (tertiary/aromatic N) is 1. The number of aliphatic hydroxyl groups excluding tert-OH is 1. The van der Waals surface area contributed by atoms with Gasteiger partial charge in [0.25, 0.3) is 0 Å². The SMILES string of the molecule is CCOCCN(CC)CC(O)C1CCCC1. The summed E-state index contributed by atoms with van der Waals surface area (Å²) in [6, 6.07) is 0. The second kappa shape index (κ2) is 8.04. The number of hydrogen-bond acceptors (Lipinski definition) is 3. The van der Waals surface area contributed by atoms with Crippen LogP contribution in [0.3, 0.4) is 0 Å². The topological polar surface area (TPSA) is 32.7 Å². The molecule has 0 bridgehead atoms. The highest BCUT2D eigenvalue weighted by molar-refractivity contribution is 4.77. The molecule has 16 heavy (non-hydrogen) atoms. The van der Waals surface area contributed by atoms with Crippen molar-refractivity contribution in [2.24, 2.45) is 5.92 Å². The average molecular weight is 229 g/mol. The summed E-state index contributed by atoms with van der Waals surface area (Å²) < 4.78 is 5.35. The fourth-order valence-electron chi connectivity index (χ4n) is 2.47. The summed E-state index contributed by atoms with van der Waals surface area (Å²) in [5.74, 6) is 0.543. The van der Waals surface area contributed by atoms with E-state index in [-0.39, 0.29) is 6.10 Å².